The molecule has 0 atom stereocenters. The largest absolute Gasteiger partial charge is 0.418 e. The minimum atomic E-state index is -0.0570. The molecule has 0 aromatic carbocycles. The maximum absolute atomic E-state index is 12.8. The van der Waals surface area contributed by atoms with Gasteiger partial charge < -0.3 is 15.2 Å². The van der Waals surface area contributed by atoms with Crippen molar-refractivity contribution >= 4 is 40.3 Å². The lowest BCUT2D eigenvalue weighted by atomic mass is 10.4. The molecule has 0 aliphatic carbocycles. The Balaban J connectivity index is 1.39. The van der Waals surface area contributed by atoms with Crippen LogP contribution in [0.25, 0.3) is 21.5 Å². The lowest BCUT2D eigenvalue weighted by Crippen LogP contribution is -2.33. The molecule has 30 heavy (non-hydrogen) atoms. The Labute approximate surface area is 184 Å². The zero-order chi connectivity index (χ0) is 20.9. The molecule has 0 bridgehead atoms. The quantitative estimate of drug-likeness (QED) is 0.298. The minimum Gasteiger partial charge on any atom is -0.418 e. The summed E-state index contributed by atoms with van der Waals surface area (Å²) in [4.78, 5) is 16.3. The van der Waals surface area contributed by atoms with Gasteiger partial charge in [-0.05, 0) is 29.3 Å². The smallest absolute Gasteiger partial charge is 0.257 e. The van der Waals surface area contributed by atoms with E-state index < -0.39 is 0 Å². The molecule has 0 aliphatic rings. The van der Waals surface area contributed by atoms with Gasteiger partial charge in [-0.1, -0.05) is 30.8 Å². The molecule has 4 aromatic rings. The van der Waals surface area contributed by atoms with Gasteiger partial charge in [0.2, 0.25) is 17.0 Å². The first-order valence-corrected chi connectivity index (χ1v) is 11.9. The number of thiophene rings is 2. The molecule has 4 rings (SSSR count). The van der Waals surface area contributed by atoms with Crippen LogP contribution in [0.4, 0.5) is 0 Å². The fraction of sp³-hybridized carbons (Fsp3) is 0.278. The van der Waals surface area contributed by atoms with Crippen molar-refractivity contribution in [3.63, 3.8) is 0 Å². The fourth-order valence-electron chi connectivity index (χ4n) is 2.71. The molecule has 0 spiro atoms. The second-order valence-electron chi connectivity index (χ2n) is 6.24. The number of carbonyl (C=O) groups excluding carboxylic acids is 1. The average Bonchev–Trinajstić information content (AvgIpc) is 3.53. The molecule has 9 nitrogen and oxygen atoms in total. The fourth-order valence-corrected chi connectivity index (χ4v) is 4.82. The first kappa shape index (κ1) is 20.6. The van der Waals surface area contributed by atoms with E-state index in [4.69, 9.17) is 10.3 Å². The second kappa shape index (κ2) is 9.41. The van der Waals surface area contributed by atoms with Crippen molar-refractivity contribution < 1.29 is 9.21 Å². The van der Waals surface area contributed by atoms with Gasteiger partial charge in [0.15, 0.2) is 5.82 Å². The Hall–Kier alpha value is -2.70. The van der Waals surface area contributed by atoms with Gasteiger partial charge in [-0.3, -0.25) is 4.79 Å². The molecule has 2 N–H and O–H groups in total. The molecule has 0 radical (unpaired) electrons. The van der Waals surface area contributed by atoms with E-state index in [0.29, 0.717) is 29.3 Å². The summed E-state index contributed by atoms with van der Waals surface area (Å²) < 4.78 is 7.14. The van der Waals surface area contributed by atoms with Crippen molar-refractivity contribution in [2.75, 3.05) is 18.1 Å². The van der Waals surface area contributed by atoms with Crippen LogP contribution in [0.3, 0.4) is 0 Å². The Morgan fingerprint density at radius 3 is 2.63 bits per heavy atom. The number of nitrogens with zero attached hydrogens (tertiary/aromatic N) is 6. The van der Waals surface area contributed by atoms with Crippen molar-refractivity contribution in [2.45, 2.75) is 25.0 Å². The van der Waals surface area contributed by atoms with E-state index >= 15 is 0 Å². The number of carbonyl (C=O) groups is 1. The summed E-state index contributed by atoms with van der Waals surface area (Å²) in [6.07, 6.45) is 0.817. The highest BCUT2D eigenvalue weighted by molar-refractivity contribution is 7.99. The molecule has 1 amide bonds. The normalized spacial score (nSPS) is 11.1. The third kappa shape index (κ3) is 4.55. The summed E-state index contributed by atoms with van der Waals surface area (Å²) in [6, 6.07) is 7.69. The van der Waals surface area contributed by atoms with Gasteiger partial charge in [0.1, 0.15) is 0 Å². The van der Waals surface area contributed by atoms with E-state index in [1.807, 2.05) is 41.9 Å². The number of hydrogen-bond acceptors (Lipinski definition) is 10. The number of nitrogen functional groups attached to an aromatic ring is 1. The van der Waals surface area contributed by atoms with Crippen LogP contribution < -0.4 is 5.84 Å². The molecular weight excluding hydrogens is 442 g/mol. The zero-order valence-corrected chi connectivity index (χ0v) is 18.5. The Kier molecular flexibility index (Phi) is 6.45. The van der Waals surface area contributed by atoms with E-state index in [1.165, 1.54) is 39.1 Å². The molecule has 0 saturated heterocycles. The van der Waals surface area contributed by atoms with Crippen molar-refractivity contribution in [1.29, 1.82) is 0 Å². The lowest BCUT2D eigenvalue weighted by Gasteiger charge is -2.19. The van der Waals surface area contributed by atoms with E-state index in [2.05, 4.69) is 20.4 Å². The average molecular weight is 462 g/mol. The number of hydrogen-bond donors (Lipinski definition) is 1. The molecule has 12 heteroatoms. The minimum absolute atomic E-state index is 0.0570. The summed E-state index contributed by atoms with van der Waals surface area (Å²) in [5, 5.41) is 20.8. The standard InChI is InChI=1S/C18H19N7O2S3/c1-2-7-24(10-14-20-22-17(27-14)13-6-4-9-29-13)15(26)11-30-18-23-21-16(25(18)19)12-5-3-8-28-12/h3-6,8-9H,2,7,10-11,19H2,1H3. The topological polar surface area (TPSA) is 116 Å². The molecule has 0 fully saturated rings. The van der Waals surface area contributed by atoms with Crippen molar-refractivity contribution in [3.05, 3.63) is 40.9 Å². The van der Waals surface area contributed by atoms with E-state index in [9.17, 15) is 4.79 Å². The summed E-state index contributed by atoms with van der Waals surface area (Å²) in [7, 11) is 0. The van der Waals surface area contributed by atoms with Crippen LogP contribution in [0, 0.1) is 0 Å². The molecule has 4 heterocycles. The second-order valence-corrected chi connectivity index (χ2v) is 9.07. The highest BCUT2D eigenvalue weighted by Crippen LogP contribution is 2.26. The predicted molar refractivity (Wildman–Crippen MR) is 118 cm³/mol. The number of thioether (sulfide) groups is 1. The Morgan fingerprint density at radius 2 is 1.93 bits per heavy atom. The summed E-state index contributed by atoms with van der Waals surface area (Å²) in [5.74, 6) is 7.70. The number of rotatable bonds is 9. The van der Waals surface area contributed by atoms with Gasteiger partial charge in [-0.25, -0.2) is 4.68 Å². The highest BCUT2D eigenvalue weighted by atomic mass is 32.2. The first-order chi connectivity index (χ1) is 14.7. The van der Waals surface area contributed by atoms with E-state index in [0.717, 1.165) is 16.2 Å². The van der Waals surface area contributed by atoms with Crippen LogP contribution in [0.15, 0.2) is 44.6 Å². The van der Waals surface area contributed by atoms with Gasteiger partial charge in [0, 0.05) is 6.54 Å². The van der Waals surface area contributed by atoms with Crippen molar-refractivity contribution in [3.8, 4) is 21.5 Å². The van der Waals surface area contributed by atoms with Gasteiger partial charge >= 0.3 is 0 Å². The predicted octanol–water partition coefficient (Wildman–Crippen LogP) is 3.36. The van der Waals surface area contributed by atoms with Gasteiger partial charge in [-0.2, -0.15) is 0 Å². The number of nitrogens with two attached hydrogens (primary N) is 1. The van der Waals surface area contributed by atoms with Crippen LogP contribution in [-0.4, -0.2) is 48.2 Å². The molecule has 4 aromatic heterocycles. The monoisotopic (exact) mass is 461 g/mol. The van der Waals surface area contributed by atoms with Crippen molar-refractivity contribution in [1.82, 2.24) is 30.0 Å². The third-order valence-electron chi connectivity index (χ3n) is 4.10. The Morgan fingerprint density at radius 1 is 1.17 bits per heavy atom. The van der Waals surface area contributed by atoms with Crippen LogP contribution in [0.2, 0.25) is 0 Å². The molecule has 0 unspecified atom stereocenters. The Bertz CT molecular complexity index is 1090. The maximum atomic E-state index is 12.8. The van der Waals surface area contributed by atoms with Crippen LogP contribution in [0.1, 0.15) is 19.2 Å². The zero-order valence-electron chi connectivity index (χ0n) is 16.1. The third-order valence-corrected chi connectivity index (χ3v) is 6.75. The van der Waals surface area contributed by atoms with E-state index in [-0.39, 0.29) is 18.2 Å². The van der Waals surface area contributed by atoms with Crippen LogP contribution in [0.5, 0.6) is 0 Å². The van der Waals surface area contributed by atoms with E-state index in [1.54, 1.807) is 4.90 Å². The van der Waals surface area contributed by atoms with Crippen LogP contribution >= 0.6 is 34.4 Å². The highest BCUT2D eigenvalue weighted by Gasteiger charge is 2.20. The van der Waals surface area contributed by atoms with Gasteiger partial charge in [-0.15, -0.1) is 43.1 Å². The SMILES string of the molecule is CCCN(Cc1nnc(-c2cccs2)o1)C(=O)CSc1nnc(-c2cccs2)n1N. The molecule has 156 valence electrons. The molecule has 0 saturated carbocycles. The number of aromatic nitrogens is 5. The maximum Gasteiger partial charge on any atom is 0.257 e. The lowest BCUT2D eigenvalue weighted by molar-refractivity contribution is -0.129. The van der Waals surface area contributed by atoms with Crippen LogP contribution in [-0.2, 0) is 11.3 Å². The number of amides is 1. The first-order valence-electron chi connectivity index (χ1n) is 9.17. The summed E-state index contributed by atoms with van der Waals surface area (Å²) in [6.45, 7) is 2.87. The molecule has 0 aliphatic heterocycles. The summed E-state index contributed by atoms with van der Waals surface area (Å²) >= 11 is 4.31. The molecular formula is C18H19N7O2S3. The van der Waals surface area contributed by atoms with Gasteiger partial charge in [0.05, 0.1) is 22.1 Å². The van der Waals surface area contributed by atoms with Gasteiger partial charge in [0.25, 0.3) is 5.89 Å². The van der Waals surface area contributed by atoms with Crippen molar-refractivity contribution in [2.24, 2.45) is 0 Å². The summed E-state index contributed by atoms with van der Waals surface area (Å²) in [5.41, 5.74) is 0.